The SMILES string of the molecule is NCCOCCNC(N)=NCc1cnn(C[C@@H]2[C@H](CNC(=O)/C(=N\OC3(C(=O)O)CC3)c3csc(N)n3)C(=O)N2S(=O)(=O)O)n1. The lowest BCUT2D eigenvalue weighted by atomic mass is 9.90. The Kier molecular flexibility index (Phi) is 10.5. The molecule has 0 bridgehead atoms. The standard InChI is InChI=1S/C22H32N12O9S2/c23-3-5-42-6-4-26-20(24)28-7-12-8-29-33(31-12)10-15-13(18(36)34(15)45(39,40)41)9-27-17(35)16(14-11-44-21(25)30-14)32-43-22(1-2-22)19(37)38/h8,11,13,15H,1-7,9-10,23H2,(H2,25,30)(H,27,35)(H,37,38)(H3,24,26,28)(H,39,40,41)/b32-16-/t13-,15+/m0/s1. The third-order valence-electron chi connectivity index (χ3n) is 6.58. The van der Waals surface area contributed by atoms with E-state index in [9.17, 15) is 32.5 Å². The van der Waals surface area contributed by atoms with Gasteiger partial charge in [0, 0.05) is 37.9 Å². The van der Waals surface area contributed by atoms with Crippen molar-refractivity contribution in [3.05, 3.63) is 23.0 Å². The van der Waals surface area contributed by atoms with Crippen molar-refractivity contribution in [2.24, 2.45) is 27.5 Å². The summed E-state index contributed by atoms with van der Waals surface area (Å²) in [5.41, 5.74) is 15.2. The van der Waals surface area contributed by atoms with Gasteiger partial charge in [0.05, 0.1) is 44.5 Å². The first-order valence-electron chi connectivity index (χ1n) is 13.3. The van der Waals surface area contributed by atoms with Gasteiger partial charge < -0.3 is 42.5 Å². The molecular formula is C22H32N12O9S2. The van der Waals surface area contributed by atoms with Crippen molar-refractivity contribution in [2.75, 3.05) is 38.6 Å². The topological polar surface area (TPSA) is 318 Å². The molecule has 0 unspecified atom stereocenters. The molecule has 246 valence electrons. The summed E-state index contributed by atoms with van der Waals surface area (Å²) >= 11 is 0.998. The summed E-state index contributed by atoms with van der Waals surface area (Å²) in [6, 6.07) is -1.18. The molecule has 1 aliphatic heterocycles. The van der Waals surface area contributed by atoms with Crippen molar-refractivity contribution in [2.45, 2.75) is 37.6 Å². The Labute approximate surface area is 259 Å². The highest BCUT2D eigenvalue weighted by Gasteiger charge is 2.55. The molecule has 3 heterocycles. The normalized spacial score (nSPS) is 19.6. The van der Waals surface area contributed by atoms with Crippen LogP contribution in [-0.4, -0.2) is 116 Å². The molecule has 2 fully saturated rings. The molecule has 45 heavy (non-hydrogen) atoms. The lowest BCUT2D eigenvalue weighted by Crippen LogP contribution is -2.66. The number of nitrogen functional groups attached to an aromatic ring is 1. The molecule has 1 aliphatic carbocycles. The number of amides is 2. The number of carboxylic acid groups (broad SMARTS) is 1. The number of carbonyl (C=O) groups is 3. The highest BCUT2D eigenvalue weighted by molar-refractivity contribution is 7.84. The van der Waals surface area contributed by atoms with E-state index in [1.807, 2.05) is 0 Å². The summed E-state index contributed by atoms with van der Waals surface area (Å²) in [5.74, 6) is -4.12. The fourth-order valence-electron chi connectivity index (χ4n) is 4.08. The number of nitrogens with one attached hydrogen (secondary N) is 2. The number of aliphatic carboxylic acids is 1. The number of β-lactam (4-membered cyclic amide) rings is 1. The number of hydrogen-bond acceptors (Lipinski definition) is 15. The molecule has 0 spiro atoms. The maximum atomic E-state index is 13.1. The molecule has 2 aromatic rings. The average molecular weight is 673 g/mol. The van der Waals surface area contributed by atoms with E-state index in [4.69, 9.17) is 26.8 Å². The number of nitrogens with zero attached hydrogens (tertiary/aromatic N) is 7. The molecule has 1 saturated heterocycles. The van der Waals surface area contributed by atoms with E-state index < -0.39 is 57.9 Å². The molecule has 0 aromatic carbocycles. The highest BCUT2D eigenvalue weighted by atomic mass is 32.2. The second-order valence-corrected chi connectivity index (χ2v) is 12.0. The average Bonchev–Trinajstić information content (AvgIpc) is 3.44. The minimum absolute atomic E-state index is 0.000989. The lowest BCUT2D eigenvalue weighted by Gasteiger charge is -2.43. The Morgan fingerprint density at radius 3 is 2.64 bits per heavy atom. The molecule has 2 atom stereocenters. The van der Waals surface area contributed by atoms with Crippen LogP contribution >= 0.6 is 11.3 Å². The van der Waals surface area contributed by atoms with Gasteiger partial charge in [0.2, 0.25) is 11.5 Å². The number of ether oxygens (including phenoxy) is 1. The Morgan fingerprint density at radius 2 is 2.02 bits per heavy atom. The fourth-order valence-corrected chi connectivity index (χ4v) is 5.55. The number of hydrogen-bond donors (Lipinski definition) is 7. The Morgan fingerprint density at radius 1 is 1.27 bits per heavy atom. The summed E-state index contributed by atoms with van der Waals surface area (Å²) in [5, 5.41) is 28.2. The van der Waals surface area contributed by atoms with Crippen molar-refractivity contribution >= 4 is 56.2 Å². The zero-order chi connectivity index (χ0) is 32.8. The molecule has 4 rings (SSSR count). The molecule has 1 saturated carbocycles. The van der Waals surface area contributed by atoms with Crippen molar-refractivity contribution in [3.8, 4) is 0 Å². The quantitative estimate of drug-likeness (QED) is 0.0214. The first-order chi connectivity index (χ1) is 21.3. The summed E-state index contributed by atoms with van der Waals surface area (Å²) in [6.45, 7) is 0.963. The van der Waals surface area contributed by atoms with Crippen molar-refractivity contribution in [1.82, 2.24) is 34.9 Å². The number of rotatable bonds is 17. The van der Waals surface area contributed by atoms with Gasteiger partial charge >= 0.3 is 16.3 Å². The highest BCUT2D eigenvalue weighted by Crippen LogP contribution is 2.40. The predicted molar refractivity (Wildman–Crippen MR) is 156 cm³/mol. The molecule has 2 aliphatic rings. The Balaban J connectivity index is 1.40. The van der Waals surface area contributed by atoms with Gasteiger partial charge in [-0.25, -0.2) is 19.1 Å². The van der Waals surface area contributed by atoms with Crippen LogP contribution in [0.4, 0.5) is 5.13 Å². The number of carboxylic acids is 1. The number of nitrogens with two attached hydrogens (primary N) is 3. The van der Waals surface area contributed by atoms with Gasteiger partial charge in [-0.2, -0.15) is 23.4 Å². The van der Waals surface area contributed by atoms with Crippen LogP contribution in [0.1, 0.15) is 24.2 Å². The summed E-state index contributed by atoms with van der Waals surface area (Å²) < 4.78 is 39.0. The monoisotopic (exact) mass is 672 g/mol. The first-order valence-corrected chi connectivity index (χ1v) is 15.6. The molecule has 2 amide bonds. The van der Waals surface area contributed by atoms with Gasteiger partial charge in [-0.3, -0.25) is 14.1 Å². The number of oxime groups is 1. The Hall–Kier alpha value is -4.45. The summed E-state index contributed by atoms with van der Waals surface area (Å²) in [7, 11) is -4.95. The lowest BCUT2D eigenvalue weighted by molar-refractivity contribution is -0.153. The van der Waals surface area contributed by atoms with E-state index in [0.717, 1.165) is 16.1 Å². The first kappa shape index (κ1) is 33.4. The summed E-state index contributed by atoms with van der Waals surface area (Å²) in [4.78, 5) is 51.7. The van der Waals surface area contributed by atoms with E-state index in [-0.39, 0.29) is 47.0 Å². The fraction of sp³-hybridized carbons (Fsp3) is 0.545. The molecule has 21 nitrogen and oxygen atoms in total. The van der Waals surface area contributed by atoms with E-state index in [1.54, 1.807) is 0 Å². The van der Waals surface area contributed by atoms with E-state index >= 15 is 0 Å². The Bertz CT molecular complexity index is 1570. The minimum Gasteiger partial charge on any atom is -0.478 e. The van der Waals surface area contributed by atoms with Gasteiger partial charge in [0.1, 0.15) is 11.4 Å². The van der Waals surface area contributed by atoms with E-state index in [2.05, 4.69) is 36.0 Å². The van der Waals surface area contributed by atoms with Gasteiger partial charge in [-0.05, 0) is 0 Å². The van der Waals surface area contributed by atoms with Gasteiger partial charge in [-0.15, -0.1) is 11.3 Å². The zero-order valence-electron chi connectivity index (χ0n) is 23.6. The molecular weight excluding hydrogens is 640 g/mol. The van der Waals surface area contributed by atoms with Gasteiger partial charge in [0.15, 0.2) is 16.8 Å². The molecule has 10 N–H and O–H groups in total. The van der Waals surface area contributed by atoms with Crippen molar-refractivity contribution < 1.29 is 42.0 Å². The van der Waals surface area contributed by atoms with Gasteiger partial charge in [0.25, 0.3) is 5.91 Å². The van der Waals surface area contributed by atoms with Crippen LogP contribution < -0.4 is 27.8 Å². The van der Waals surface area contributed by atoms with Crippen LogP contribution in [-0.2, 0) is 47.4 Å². The van der Waals surface area contributed by atoms with Crippen LogP contribution in [0.2, 0.25) is 0 Å². The van der Waals surface area contributed by atoms with Crippen molar-refractivity contribution in [3.63, 3.8) is 0 Å². The summed E-state index contributed by atoms with van der Waals surface area (Å²) in [6.07, 6.45) is 1.74. The molecule has 2 aromatic heterocycles. The van der Waals surface area contributed by atoms with Crippen LogP contribution in [0.3, 0.4) is 0 Å². The number of carbonyl (C=O) groups excluding carboxylic acids is 2. The zero-order valence-corrected chi connectivity index (χ0v) is 25.2. The maximum absolute atomic E-state index is 13.1. The second kappa shape index (κ2) is 14.1. The predicted octanol–water partition coefficient (Wildman–Crippen LogP) is -3.52. The van der Waals surface area contributed by atoms with Crippen LogP contribution in [0.15, 0.2) is 21.7 Å². The number of guanidine groups is 1. The van der Waals surface area contributed by atoms with Gasteiger partial charge in [-0.1, -0.05) is 5.16 Å². The number of aliphatic imine (C=N–C) groups is 1. The third-order valence-corrected chi connectivity index (χ3v) is 8.20. The number of aromatic nitrogens is 4. The number of anilines is 1. The van der Waals surface area contributed by atoms with Crippen LogP contribution in [0.5, 0.6) is 0 Å². The minimum atomic E-state index is -4.95. The maximum Gasteiger partial charge on any atom is 0.362 e. The number of thiazole rings is 1. The van der Waals surface area contributed by atoms with E-state index in [1.165, 1.54) is 11.6 Å². The van der Waals surface area contributed by atoms with Crippen LogP contribution in [0, 0.1) is 5.92 Å². The second-order valence-electron chi connectivity index (χ2n) is 9.82. The molecule has 0 radical (unpaired) electrons. The molecule has 23 heteroatoms. The largest absolute Gasteiger partial charge is 0.478 e. The van der Waals surface area contributed by atoms with Crippen molar-refractivity contribution in [1.29, 1.82) is 0 Å². The third kappa shape index (κ3) is 8.39. The van der Waals surface area contributed by atoms with E-state index in [0.29, 0.717) is 32.0 Å². The van der Waals surface area contributed by atoms with Crippen LogP contribution in [0.25, 0.3) is 0 Å². The smallest absolute Gasteiger partial charge is 0.362 e.